The Hall–Kier alpha value is -1.91. The van der Waals surface area contributed by atoms with Crippen LogP contribution >= 0.6 is 11.6 Å². The van der Waals surface area contributed by atoms with Crippen molar-refractivity contribution in [1.29, 1.82) is 0 Å². The van der Waals surface area contributed by atoms with Gasteiger partial charge in [-0.2, -0.15) is 0 Å². The van der Waals surface area contributed by atoms with E-state index in [0.717, 1.165) is 0 Å². The molecule has 5 heteroatoms. The Morgan fingerprint density at radius 2 is 1.90 bits per heavy atom. The average Bonchev–Trinajstić information content (AvgIpc) is 2.44. The van der Waals surface area contributed by atoms with Crippen molar-refractivity contribution >= 4 is 17.6 Å². The number of hydrogen-bond donors (Lipinski definition) is 2. The smallest absolute Gasteiger partial charge is 0.325 e. The minimum Gasteiger partial charge on any atom is -0.480 e. The fourth-order valence-electron chi connectivity index (χ4n) is 1.89. The lowest BCUT2D eigenvalue weighted by molar-refractivity contribution is -0.139. The predicted molar refractivity (Wildman–Crippen MR) is 75.1 cm³/mol. The van der Waals surface area contributed by atoms with Gasteiger partial charge in [0, 0.05) is 12.1 Å². The molecule has 0 saturated carbocycles. The van der Waals surface area contributed by atoms with Crippen LogP contribution in [-0.2, 0) is 11.3 Å². The van der Waals surface area contributed by atoms with E-state index >= 15 is 0 Å². The van der Waals surface area contributed by atoms with Crippen LogP contribution in [0.2, 0.25) is 5.02 Å². The first-order valence-corrected chi connectivity index (χ1v) is 6.41. The second-order valence-corrected chi connectivity index (χ2v) is 4.68. The standard InChI is InChI=1S/C15H13ClFNO2/c16-12-8-4-7-11(13(12)17)9-18-14(15(19)20)10-5-2-1-3-6-10/h1-8,14,18H,9H2,(H,19,20). The van der Waals surface area contributed by atoms with E-state index in [0.29, 0.717) is 11.1 Å². The molecule has 0 heterocycles. The van der Waals surface area contributed by atoms with Gasteiger partial charge >= 0.3 is 5.97 Å². The fourth-order valence-corrected chi connectivity index (χ4v) is 2.08. The number of halogens is 2. The average molecular weight is 294 g/mol. The molecule has 0 spiro atoms. The maximum absolute atomic E-state index is 13.7. The number of benzene rings is 2. The van der Waals surface area contributed by atoms with Crippen molar-refractivity contribution in [2.45, 2.75) is 12.6 Å². The molecule has 0 aliphatic carbocycles. The van der Waals surface area contributed by atoms with Crippen LogP contribution in [-0.4, -0.2) is 11.1 Å². The minimum absolute atomic E-state index is 0.0240. The summed E-state index contributed by atoms with van der Waals surface area (Å²) in [7, 11) is 0. The van der Waals surface area contributed by atoms with Crippen molar-refractivity contribution < 1.29 is 14.3 Å². The van der Waals surface area contributed by atoms with Gasteiger partial charge in [0.15, 0.2) is 0 Å². The zero-order valence-electron chi connectivity index (χ0n) is 10.5. The predicted octanol–water partition coefficient (Wildman–Crippen LogP) is 3.39. The molecule has 0 fully saturated rings. The van der Waals surface area contributed by atoms with E-state index in [1.165, 1.54) is 6.07 Å². The molecule has 0 aromatic heterocycles. The maximum atomic E-state index is 13.7. The van der Waals surface area contributed by atoms with Crippen molar-refractivity contribution in [2.24, 2.45) is 0 Å². The van der Waals surface area contributed by atoms with Gasteiger partial charge in [0.1, 0.15) is 11.9 Å². The Balaban J connectivity index is 2.14. The Bertz CT molecular complexity index is 604. The summed E-state index contributed by atoms with van der Waals surface area (Å²) in [4.78, 5) is 11.3. The molecule has 1 atom stereocenters. The minimum atomic E-state index is -1.02. The Labute approximate surface area is 121 Å². The fraction of sp³-hybridized carbons (Fsp3) is 0.133. The molecule has 0 amide bonds. The lowest BCUT2D eigenvalue weighted by Gasteiger charge is -2.15. The third-order valence-electron chi connectivity index (χ3n) is 2.91. The first-order chi connectivity index (χ1) is 9.59. The molecule has 2 rings (SSSR count). The quantitative estimate of drug-likeness (QED) is 0.888. The van der Waals surface area contributed by atoms with E-state index in [1.807, 2.05) is 0 Å². The van der Waals surface area contributed by atoms with Gasteiger partial charge in [-0.25, -0.2) is 4.39 Å². The molecule has 0 bridgehead atoms. The highest BCUT2D eigenvalue weighted by Gasteiger charge is 2.19. The molecular weight excluding hydrogens is 281 g/mol. The third-order valence-corrected chi connectivity index (χ3v) is 3.20. The van der Waals surface area contributed by atoms with Gasteiger partial charge in [0.25, 0.3) is 0 Å². The molecule has 2 aromatic rings. The molecule has 0 aliphatic rings. The number of carboxylic acid groups (broad SMARTS) is 1. The second-order valence-electron chi connectivity index (χ2n) is 4.28. The zero-order chi connectivity index (χ0) is 14.5. The van der Waals surface area contributed by atoms with E-state index in [9.17, 15) is 14.3 Å². The van der Waals surface area contributed by atoms with Gasteiger partial charge < -0.3 is 5.11 Å². The monoisotopic (exact) mass is 293 g/mol. The van der Waals surface area contributed by atoms with Gasteiger partial charge in [-0.3, -0.25) is 10.1 Å². The van der Waals surface area contributed by atoms with Crippen molar-refractivity contribution in [1.82, 2.24) is 5.32 Å². The molecule has 2 aromatic carbocycles. The van der Waals surface area contributed by atoms with Crippen molar-refractivity contribution in [3.05, 3.63) is 70.5 Å². The molecule has 104 valence electrons. The van der Waals surface area contributed by atoms with E-state index in [4.69, 9.17) is 11.6 Å². The second kappa shape index (κ2) is 6.50. The van der Waals surface area contributed by atoms with E-state index < -0.39 is 17.8 Å². The van der Waals surface area contributed by atoms with Gasteiger partial charge in [-0.15, -0.1) is 0 Å². The number of carbonyl (C=O) groups is 1. The summed E-state index contributed by atoms with van der Waals surface area (Å²) in [6.07, 6.45) is 0. The molecule has 0 radical (unpaired) electrons. The summed E-state index contributed by atoms with van der Waals surface area (Å²) in [5.41, 5.74) is 0.946. The summed E-state index contributed by atoms with van der Waals surface area (Å²) in [6, 6.07) is 12.5. The van der Waals surface area contributed by atoms with Crippen LogP contribution < -0.4 is 5.32 Å². The lowest BCUT2D eigenvalue weighted by Crippen LogP contribution is -2.28. The highest BCUT2D eigenvalue weighted by molar-refractivity contribution is 6.30. The van der Waals surface area contributed by atoms with E-state index in [-0.39, 0.29) is 11.6 Å². The van der Waals surface area contributed by atoms with Crippen molar-refractivity contribution in [2.75, 3.05) is 0 Å². The summed E-state index contributed by atoms with van der Waals surface area (Å²) >= 11 is 5.69. The molecule has 2 N–H and O–H groups in total. The molecule has 1 unspecified atom stereocenters. The summed E-state index contributed by atoms with van der Waals surface area (Å²) in [5.74, 6) is -1.54. The Morgan fingerprint density at radius 1 is 1.20 bits per heavy atom. The SMILES string of the molecule is O=C(O)C(NCc1cccc(Cl)c1F)c1ccccc1. The number of nitrogens with one attached hydrogen (secondary N) is 1. The topological polar surface area (TPSA) is 49.3 Å². The normalized spacial score (nSPS) is 12.1. The first kappa shape index (κ1) is 14.5. The summed E-state index contributed by atoms with van der Waals surface area (Å²) in [6.45, 7) is 0.0816. The van der Waals surface area contributed by atoms with Crippen molar-refractivity contribution in [3.63, 3.8) is 0 Å². The van der Waals surface area contributed by atoms with Crippen LogP contribution in [0.3, 0.4) is 0 Å². The Kier molecular flexibility index (Phi) is 4.71. The van der Waals surface area contributed by atoms with Gasteiger partial charge in [-0.1, -0.05) is 54.1 Å². The Morgan fingerprint density at radius 3 is 2.55 bits per heavy atom. The van der Waals surface area contributed by atoms with Crippen LogP contribution in [0.15, 0.2) is 48.5 Å². The van der Waals surface area contributed by atoms with Crippen LogP contribution in [0.1, 0.15) is 17.2 Å². The molecular formula is C15H13ClFNO2. The zero-order valence-corrected chi connectivity index (χ0v) is 11.3. The highest BCUT2D eigenvalue weighted by Crippen LogP contribution is 2.19. The third kappa shape index (κ3) is 3.35. The number of rotatable bonds is 5. The molecule has 0 aliphatic heterocycles. The van der Waals surface area contributed by atoms with Gasteiger partial charge in [0.05, 0.1) is 5.02 Å². The summed E-state index contributed by atoms with van der Waals surface area (Å²) in [5, 5.41) is 12.1. The first-order valence-electron chi connectivity index (χ1n) is 6.03. The van der Waals surface area contributed by atoms with Gasteiger partial charge in [-0.05, 0) is 11.6 Å². The highest BCUT2D eigenvalue weighted by atomic mass is 35.5. The largest absolute Gasteiger partial charge is 0.480 e. The molecule has 0 saturated heterocycles. The van der Waals surface area contributed by atoms with Gasteiger partial charge in [0.2, 0.25) is 0 Å². The molecule has 20 heavy (non-hydrogen) atoms. The van der Waals surface area contributed by atoms with Crippen LogP contribution in [0.25, 0.3) is 0 Å². The number of carboxylic acids is 1. The van der Waals surface area contributed by atoms with E-state index in [2.05, 4.69) is 5.32 Å². The number of aliphatic carboxylic acids is 1. The number of hydrogen-bond acceptors (Lipinski definition) is 2. The maximum Gasteiger partial charge on any atom is 0.325 e. The van der Waals surface area contributed by atoms with E-state index in [1.54, 1.807) is 42.5 Å². The van der Waals surface area contributed by atoms with Crippen LogP contribution in [0, 0.1) is 5.82 Å². The lowest BCUT2D eigenvalue weighted by atomic mass is 10.1. The summed E-state index contributed by atoms with van der Waals surface area (Å²) < 4.78 is 13.7. The van der Waals surface area contributed by atoms with Crippen LogP contribution in [0.4, 0.5) is 4.39 Å². The van der Waals surface area contributed by atoms with Crippen molar-refractivity contribution in [3.8, 4) is 0 Å². The molecule has 3 nitrogen and oxygen atoms in total. The van der Waals surface area contributed by atoms with Crippen LogP contribution in [0.5, 0.6) is 0 Å².